The second-order valence-corrected chi connectivity index (χ2v) is 17.8. The van der Waals surface area contributed by atoms with E-state index in [2.05, 4.69) is 40.0 Å². The smallest absolute Gasteiger partial charge is 0.262 e. The minimum absolute atomic E-state index is 0. The molecule has 0 fully saturated rings. The molecule has 0 atom stereocenters. The summed E-state index contributed by atoms with van der Waals surface area (Å²) in [6.07, 6.45) is 0.299. The van der Waals surface area contributed by atoms with Gasteiger partial charge >= 0.3 is 0 Å². The van der Waals surface area contributed by atoms with Crippen LogP contribution in [0.1, 0.15) is 101 Å². The van der Waals surface area contributed by atoms with Crippen molar-refractivity contribution >= 4 is 65.3 Å². The van der Waals surface area contributed by atoms with Gasteiger partial charge in [0.2, 0.25) is 0 Å². The Bertz CT molecular complexity index is 2680. The van der Waals surface area contributed by atoms with Crippen molar-refractivity contribution in [3.05, 3.63) is 151 Å². The predicted molar refractivity (Wildman–Crippen MR) is 259 cm³/mol. The molecule has 2 amide bonds. The van der Waals surface area contributed by atoms with E-state index in [9.17, 15) is 31.9 Å². The third-order valence-electron chi connectivity index (χ3n) is 9.75. The molecule has 0 saturated carbocycles. The number of aromatic nitrogens is 4. The Morgan fingerprint density at radius 1 is 0.647 bits per heavy atom. The first-order valence-corrected chi connectivity index (χ1v) is 22.2. The molecular weight excluding hydrogens is 949 g/mol. The van der Waals surface area contributed by atoms with Crippen molar-refractivity contribution in [1.29, 1.82) is 0 Å². The molecule has 3 N–H and O–H groups in total. The molecule has 6 rings (SSSR count). The first kappa shape index (κ1) is 54.7. The van der Waals surface area contributed by atoms with E-state index in [4.69, 9.17) is 32.7 Å². The number of halogens is 7. The minimum Gasteiger partial charge on any atom is -0.493 e. The quantitative estimate of drug-likeness (QED) is 0.0571. The molecule has 0 bridgehead atoms. The number of carbonyl (C=O) groups is 3. The molecule has 0 unspecified atom stereocenters. The summed E-state index contributed by atoms with van der Waals surface area (Å²) < 4.78 is 72.5. The zero-order valence-corrected chi connectivity index (χ0v) is 41.1. The van der Waals surface area contributed by atoms with E-state index in [0.717, 1.165) is 41.1 Å². The first-order valence-electron chi connectivity index (χ1n) is 21.4. The number of benzene rings is 4. The van der Waals surface area contributed by atoms with Gasteiger partial charge in [0.05, 0.1) is 26.3 Å². The fourth-order valence-electron chi connectivity index (χ4n) is 6.42. The summed E-state index contributed by atoms with van der Waals surface area (Å²) in [7, 11) is 0. The van der Waals surface area contributed by atoms with E-state index < -0.39 is 46.2 Å². The number of nitrogens with zero attached hydrogens (tertiary/aromatic N) is 4. The summed E-state index contributed by atoms with van der Waals surface area (Å²) in [5.41, 5.74) is 1.84. The lowest BCUT2D eigenvalue weighted by atomic mass is 10.1. The Labute approximate surface area is 409 Å². The molecule has 0 radical (unpaired) electrons. The molecule has 0 aliphatic rings. The lowest BCUT2D eigenvalue weighted by molar-refractivity contribution is 0.100. The van der Waals surface area contributed by atoms with Gasteiger partial charge in [-0.1, -0.05) is 64.7 Å². The van der Waals surface area contributed by atoms with Crippen LogP contribution in [-0.4, -0.2) is 56.9 Å². The van der Waals surface area contributed by atoms with Crippen molar-refractivity contribution in [2.45, 2.75) is 81.1 Å². The fraction of sp³-hybridized carbons (Fsp3) is 0.327. The highest BCUT2D eigenvalue weighted by Crippen LogP contribution is 2.28. The second-order valence-electron chi connectivity index (χ2n) is 16.9. The summed E-state index contributed by atoms with van der Waals surface area (Å²) >= 11 is 12.3. The average molecular weight is 1000 g/mol. The van der Waals surface area contributed by atoms with Gasteiger partial charge in [-0.2, -0.15) is 10.2 Å². The van der Waals surface area contributed by atoms with Crippen molar-refractivity contribution in [2.24, 2.45) is 11.8 Å². The zero-order chi connectivity index (χ0) is 49.1. The van der Waals surface area contributed by atoms with Gasteiger partial charge in [0.1, 0.15) is 52.2 Å². The van der Waals surface area contributed by atoms with Crippen LogP contribution in [0.4, 0.5) is 29.2 Å². The Morgan fingerprint density at radius 3 is 1.41 bits per heavy atom. The van der Waals surface area contributed by atoms with E-state index in [1.807, 2.05) is 40.7 Å². The summed E-state index contributed by atoms with van der Waals surface area (Å²) in [6.45, 7) is 17.7. The summed E-state index contributed by atoms with van der Waals surface area (Å²) in [5, 5.41) is 17.8. The van der Waals surface area contributed by atoms with Crippen molar-refractivity contribution in [1.82, 2.24) is 24.9 Å². The summed E-state index contributed by atoms with van der Waals surface area (Å²) in [5.74, 6) is -3.67. The molecular formula is C49H54Cl3F4N7O5. The second kappa shape index (κ2) is 24.9. The highest BCUT2D eigenvalue weighted by molar-refractivity contribution is 6.31. The number of hydrogen-bond donors (Lipinski definition) is 3. The molecule has 4 aromatic carbocycles. The van der Waals surface area contributed by atoms with Gasteiger partial charge in [-0.3, -0.25) is 23.7 Å². The third-order valence-corrected chi connectivity index (χ3v) is 10.2. The van der Waals surface area contributed by atoms with Crippen molar-refractivity contribution in [3.63, 3.8) is 0 Å². The molecule has 0 aliphatic carbocycles. The molecule has 364 valence electrons. The van der Waals surface area contributed by atoms with Gasteiger partial charge in [0, 0.05) is 62.8 Å². The van der Waals surface area contributed by atoms with E-state index in [1.165, 1.54) is 0 Å². The molecule has 6 aromatic rings. The SMILES string of the molecule is Cc1cc(NC(=O)c2c(F)cc(C=O)cc2F)nn1Cc1cc(Cl)ccc1OCC(C)C.Cc1cc(NC(=O)c2c(F)cc(CNC(C)C)cc2F)nn1Cc1cc(Cl)ccc1OCC(C)C.Cl. The van der Waals surface area contributed by atoms with Crippen LogP contribution in [0.2, 0.25) is 10.0 Å². The zero-order valence-electron chi connectivity index (χ0n) is 38.8. The number of ether oxygens (including phenoxy) is 2. The number of rotatable bonds is 18. The van der Waals surface area contributed by atoms with Crippen molar-refractivity contribution < 1.29 is 41.4 Å². The molecule has 0 saturated heterocycles. The number of aldehydes is 1. The third kappa shape index (κ3) is 15.3. The van der Waals surface area contributed by atoms with Crippen LogP contribution in [0.5, 0.6) is 11.5 Å². The van der Waals surface area contributed by atoms with Crippen LogP contribution in [-0.2, 0) is 19.6 Å². The lowest BCUT2D eigenvalue weighted by Gasteiger charge is -2.14. The average Bonchev–Trinajstić information content (AvgIpc) is 3.76. The molecule has 12 nitrogen and oxygen atoms in total. The predicted octanol–water partition coefficient (Wildman–Crippen LogP) is 11.6. The number of hydrogen-bond acceptors (Lipinski definition) is 8. The Morgan fingerprint density at radius 2 is 1.04 bits per heavy atom. The fourth-order valence-corrected chi connectivity index (χ4v) is 6.81. The molecule has 68 heavy (non-hydrogen) atoms. The summed E-state index contributed by atoms with van der Waals surface area (Å²) in [6, 6.07) is 18.0. The lowest BCUT2D eigenvalue weighted by Crippen LogP contribution is -2.22. The van der Waals surface area contributed by atoms with Gasteiger partial charge in [0.25, 0.3) is 11.8 Å². The van der Waals surface area contributed by atoms with Crippen LogP contribution in [0.15, 0.2) is 72.8 Å². The number of amides is 2. The number of nitrogens with one attached hydrogen (secondary N) is 3. The van der Waals surface area contributed by atoms with Crippen molar-refractivity contribution in [2.75, 3.05) is 23.8 Å². The molecule has 2 heterocycles. The molecule has 0 spiro atoms. The Hall–Kier alpha value is -5.94. The minimum atomic E-state index is -1.13. The van der Waals surface area contributed by atoms with Gasteiger partial charge < -0.3 is 25.4 Å². The number of carbonyl (C=O) groups excluding carboxylic acids is 3. The van der Waals surface area contributed by atoms with Crippen LogP contribution in [0.3, 0.4) is 0 Å². The maximum absolute atomic E-state index is 14.6. The van der Waals surface area contributed by atoms with Gasteiger partial charge in [-0.05, 0) is 91.9 Å². The topological polar surface area (TPSA) is 141 Å². The van der Waals surface area contributed by atoms with Crippen LogP contribution in [0.25, 0.3) is 0 Å². The molecule has 0 aliphatic heterocycles. The Balaban J connectivity index is 0.000000293. The van der Waals surface area contributed by atoms with Crippen LogP contribution in [0, 0.1) is 49.0 Å². The molecule has 19 heteroatoms. The standard InChI is InChI=1S/C26H31ClF2N4O2.C23H22ClF2N3O3.ClH/c1-15(2)14-35-23-7-6-20(27)11-19(23)13-33-17(5)8-24(32-33)31-26(34)25-21(28)9-18(10-22(25)29)12-30-16(3)4;1-13(2)12-32-20-5-4-17(24)9-16(20)10-29-14(3)6-21(28-29)27-23(31)22-18(25)7-15(11-30)8-19(22)26;/h6-11,15-16,30H,12-14H2,1-5H3,(H,31,32,34);4-9,11,13H,10,12H2,1-3H3,(H,27,28,31);1H. The van der Waals surface area contributed by atoms with E-state index >= 15 is 0 Å². The maximum Gasteiger partial charge on any atom is 0.262 e. The van der Waals surface area contributed by atoms with E-state index in [-0.39, 0.29) is 35.6 Å². The molecule has 2 aromatic heterocycles. The van der Waals surface area contributed by atoms with E-state index in [1.54, 1.807) is 58.8 Å². The van der Waals surface area contributed by atoms with Crippen LogP contribution < -0.4 is 25.4 Å². The highest BCUT2D eigenvalue weighted by atomic mass is 35.5. The maximum atomic E-state index is 14.6. The normalized spacial score (nSPS) is 11.0. The number of anilines is 2. The largest absolute Gasteiger partial charge is 0.493 e. The highest BCUT2D eigenvalue weighted by Gasteiger charge is 2.22. The van der Waals surface area contributed by atoms with Crippen molar-refractivity contribution in [3.8, 4) is 11.5 Å². The Kier molecular flexibility index (Phi) is 20.0. The van der Waals surface area contributed by atoms with E-state index in [0.29, 0.717) is 83.8 Å². The van der Waals surface area contributed by atoms with Crippen LogP contribution >= 0.6 is 35.6 Å². The number of aryl methyl sites for hydroxylation is 2. The van der Waals surface area contributed by atoms with Gasteiger partial charge in [0.15, 0.2) is 11.6 Å². The summed E-state index contributed by atoms with van der Waals surface area (Å²) in [4.78, 5) is 35.8. The first-order chi connectivity index (χ1) is 31.7. The monoisotopic (exact) mass is 1000 g/mol. The van der Waals surface area contributed by atoms with Gasteiger partial charge in [-0.15, -0.1) is 12.4 Å². The van der Waals surface area contributed by atoms with Gasteiger partial charge in [-0.25, -0.2) is 17.6 Å².